The van der Waals surface area contributed by atoms with Crippen LogP contribution in [0.15, 0.2) is 55.1 Å². The molecule has 1 aliphatic rings. The number of carbonyl (C=O) groups excluding carboxylic acids is 2. The number of thiazole rings is 1. The molecule has 0 aliphatic carbocycles. The summed E-state index contributed by atoms with van der Waals surface area (Å²) < 4.78 is 38.6. The third-order valence-electron chi connectivity index (χ3n) is 4.75. The molecule has 164 valence electrons. The molecule has 32 heavy (non-hydrogen) atoms. The number of hydrogen-bond acceptors (Lipinski definition) is 5. The van der Waals surface area contributed by atoms with Crippen LogP contribution in [0.5, 0.6) is 0 Å². The van der Waals surface area contributed by atoms with Gasteiger partial charge in [-0.3, -0.25) is 9.59 Å². The Morgan fingerprint density at radius 2 is 1.88 bits per heavy atom. The van der Waals surface area contributed by atoms with Crippen molar-refractivity contribution in [2.75, 3.05) is 17.2 Å². The highest BCUT2D eigenvalue weighted by Gasteiger charge is 2.30. The molecule has 3 aromatic rings. The maximum Gasteiger partial charge on any atom is 0.416 e. The summed E-state index contributed by atoms with van der Waals surface area (Å²) in [6, 6.07) is 9.68. The highest BCUT2D eigenvalue weighted by molar-refractivity contribution is 7.17. The zero-order valence-corrected chi connectivity index (χ0v) is 17.4. The number of amides is 2. The summed E-state index contributed by atoms with van der Waals surface area (Å²) in [6.07, 6.45) is -2.68. The van der Waals surface area contributed by atoms with Gasteiger partial charge in [0.25, 0.3) is 5.91 Å². The van der Waals surface area contributed by atoms with Crippen molar-refractivity contribution in [2.24, 2.45) is 0 Å². The van der Waals surface area contributed by atoms with E-state index in [1.807, 2.05) is 0 Å². The van der Waals surface area contributed by atoms with Gasteiger partial charge in [-0.1, -0.05) is 6.58 Å². The van der Waals surface area contributed by atoms with E-state index in [1.54, 1.807) is 18.2 Å². The first kappa shape index (κ1) is 21.6. The Bertz CT molecular complexity index is 1200. The first-order valence-electron chi connectivity index (χ1n) is 9.54. The predicted octanol–water partition coefficient (Wildman–Crippen LogP) is 4.98. The average molecular weight is 458 g/mol. The summed E-state index contributed by atoms with van der Waals surface area (Å²) in [6.45, 7) is 3.93. The van der Waals surface area contributed by atoms with E-state index >= 15 is 0 Å². The van der Waals surface area contributed by atoms with Crippen LogP contribution in [0.4, 0.5) is 30.2 Å². The Kier molecular flexibility index (Phi) is 5.70. The molecule has 1 aromatic heterocycles. The molecule has 4 rings (SSSR count). The molecular weight excluding hydrogens is 441 g/mol. The first-order valence-corrected chi connectivity index (χ1v) is 10.4. The second kappa shape index (κ2) is 8.46. The van der Waals surface area contributed by atoms with E-state index < -0.39 is 17.6 Å². The lowest BCUT2D eigenvalue weighted by atomic mass is 10.1. The molecule has 1 aliphatic heterocycles. The fraction of sp³-hybridized carbons (Fsp3) is 0.136. The number of nitrogens with one attached hydrogen (secondary N) is 3. The van der Waals surface area contributed by atoms with E-state index in [0.717, 1.165) is 18.2 Å². The highest BCUT2D eigenvalue weighted by Crippen LogP contribution is 2.38. The third kappa shape index (κ3) is 4.50. The van der Waals surface area contributed by atoms with Crippen molar-refractivity contribution in [1.82, 2.24) is 10.3 Å². The Balaban J connectivity index is 1.72. The summed E-state index contributed by atoms with van der Waals surface area (Å²) in [5.74, 6) is -0.583. The normalized spacial score (nSPS) is 13.2. The van der Waals surface area contributed by atoms with Crippen LogP contribution in [0.1, 0.15) is 20.9 Å². The first-order chi connectivity index (χ1) is 15.2. The summed E-state index contributed by atoms with van der Waals surface area (Å²) in [7, 11) is 0. The van der Waals surface area contributed by atoms with Crippen LogP contribution >= 0.6 is 11.3 Å². The van der Waals surface area contributed by atoms with Gasteiger partial charge < -0.3 is 16.0 Å². The zero-order chi connectivity index (χ0) is 22.9. The molecule has 3 N–H and O–H groups in total. The summed E-state index contributed by atoms with van der Waals surface area (Å²) in [4.78, 5) is 29.0. The molecule has 10 heteroatoms. The molecule has 0 radical (unpaired) electrons. The van der Waals surface area contributed by atoms with Gasteiger partial charge in [0.15, 0.2) is 0 Å². The van der Waals surface area contributed by atoms with Crippen molar-refractivity contribution in [3.8, 4) is 10.6 Å². The van der Waals surface area contributed by atoms with Gasteiger partial charge in [-0.2, -0.15) is 13.2 Å². The quantitative estimate of drug-likeness (QED) is 0.471. The van der Waals surface area contributed by atoms with Crippen LogP contribution < -0.4 is 16.0 Å². The van der Waals surface area contributed by atoms with Crippen LogP contribution in [0.2, 0.25) is 0 Å². The number of fused-ring (bicyclic) bond motifs is 1. The minimum absolute atomic E-state index is 0.191. The van der Waals surface area contributed by atoms with Crippen molar-refractivity contribution in [1.29, 1.82) is 0 Å². The van der Waals surface area contributed by atoms with Gasteiger partial charge in [-0.25, -0.2) is 4.98 Å². The van der Waals surface area contributed by atoms with Gasteiger partial charge in [0, 0.05) is 35.6 Å². The highest BCUT2D eigenvalue weighted by atomic mass is 32.1. The number of nitrogens with zero attached hydrogens (tertiary/aromatic N) is 1. The van der Waals surface area contributed by atoms with Crippen molar-refractivity contribution in [3.05, 3.63) is 71.3 Å². The molecule has 2 heterocycles. The van der Waals surface area contributed by atoms with Crippen LogP contribution in [0.3, 0.4) is 0 Å². The number of halogens is 3. The molecule has 2 amide bonds. The van der Waals surface area contributed by atoms with Crippen molar-refractivity contribution in [3.63, 3.8) is 0 Å². The van der Waals surface area contributed by atoms with E-state index in [0.29, 0.717) is 51.2 Å². The fourth-order valence-corrected chi connectivity index (χ4v) is 4.25. The number of carbonyl (C=O) groups is 2. The van der Waals surface area contributed by atoms with Crippen LogP contribution in [0, 0.1) is 0 Å². The topological polar surface area (TPSA) is 83.1 Å². The lowest BCUT2D eigenvalue weighted by Crippen LogP contribution is -2.30. The van der Waals surface area contributed by atoms with Gasteiger partial charge in [0.2, 0.25) is 5.91 Å². The van der Waals surface area contributed by atoms with Gasteiger partial charge in [-0.15, -0.1) is 11.3 Å². The van der Waals surface area contributed by atoms with Crippen LogP contribution in [-0.2, 0) is 17.4 Å². The van der Waals surface area contributed by atoms with Gasteiger partial charge in [-0.05, 0) is 48.5 Å². The number of hydrogen-bond donors (Lipinski definition) is 3. The summed E-state index contributed by atoms with van der Waals surface area (Å²) >= 11 is 1.22. The molecule has 0 unspecified atom stereocenters. The molecule has 6 nitrogen and oxygen atoms in total. The molecular formula is C22H17F3N4O2S. The van der Waals surface area contributed by atoms with E-state index in [1.165, 1.54) is 23.5 Å². The van der Waals surface area contributed by atoms with E-state index in [-0.39, 0.29) is 5.91 Å². The number of alkyl halides is 3. The number of aromatic nitrogens is 1. The molecule has 0 bridgehead atoms. The zero-order valence-electron chi connectivity index (χ0n) is 16.5. The maximum atomic E-state index is 12.9. The SMILES string of the molecule is C=CC(=O)Nc1ccc(Nc2ccc(C(F)(F)F)cc2)c(-c2nc3c(s2)C(=O)NCC3)c1. The molecule has 0 spiro atoms. The molecule has 0 fully saturated rings. The third-order valence-corrected chi connectivity index (χ3v) is 5.87. The number of rotatable bonds is 5. The minimum Gasteiger partial charge on any atom is -0.355 e. The average Bonchev–Trinajstić information content (AvgIpc) is 3.20. The van der Waals surface area contributed by atoms with Gasteiger partial charge in [0.05, 0.1) is 11.3 Å². The number of anilines is 3. The van der Waals surface area contributed by atoms with Crippen LogP contribution in [-0.4, -0.2) is 23.3 Å². The Hall–Kier alpha value is -3.66. The summed E-state index contributed by atoms with van der Waals surface area (Å²) in [5, 5.41) is 9.10. The molecule has 0 atom stereocenters. The Labute approximate surface area is 185 Å². The Morgan fingerprint density at radius 3 is 2.53 bits per heavy atom. The van der Waals surface area contributed by atoms with E-state index in [2.05, 4.69) is 27.5 Å². The van der Waals surface area contributed by atoms with Crippen molar-refractivity contribution >= 4 is 40.2 Å². The maximum absolute atomic E-state index is 12.9. The molecule has 0 saturated carbocycles. The van der Waals surface area contributed by atoms with Crippen LogP contribution in [0.25, 0.3) is 10.6 Å². The second-order valence-electron chi connectivity index (χ2n) is 6.95. The van der Waals surface area contributed by atoms with Gasteiger partial charge in [0.1, 0.15) is 9.88 Å². The van der Waals surface area contributed by atoms with Gasteiger partial charge >= 0.3 is 6.18 Å². The minimum atomic E-state index is -4.42. The smallest absolute Gasteiger partial charge is 0.355 e. The Morgan fingerprint density at radius 1 is 1.16 bits per heavy atom. The van der Waals surface area contributed by atoms with E-state index in [4.69, 9.17) is 0 Å². The second-order valence-corrected chi connectivity index (χ2v) is 7.95. The van der Waals surface area contributed by atoms with Crippen molar-refractivity contribution in [2.45, 2.75) is 12.6 Å². The standard InChI is InChI=1S/C22H17F3N4O2S/c1-2-18(30)28-14-7-8-16(27-13-5-3-12(4-6-13)22(23,24)25)15(11-14)21-29-17-9-10-26-20(31)19(17)32-21/h2-8,11,27H,1,9-10H2,(H,26,31)(H,28,30). The monoisotopic (exact) mass is 458 g/mol. The molecule has 2 aromatic carbocycles. The van der Waals surface area contributed by atoms with E-state index in [9.17, 15) is 22.8 Å². The lowest BCUT2D eigenvalue weighted by molar-refractivity contribution is -0.137. The lowest BCUT2D eigenvalue weighted by Gasteiger charge is -2.14. The fourth-order valence-electron chi connectivity index (χ4n) is 3.19. The van der Waals surface area contributed by atoms with Crippen molar-refractivity contribution < 1.29 is 22.8 Å². The predicted molar refractivity (Wildman–Crippen MR) is 117 cm³/mol. The summed E-state index contributed by atoms with van der Waals surface area (Å²) in [5.41, 5.74) is 2.03. The molecule has 0 saturated heterocycles. The largest absolute Gasteiger partial charge is 0.416 e. The number of benzene rings is 2.